The number of aliphatic hydroxyl groups is 1. The van der Waals surface area contributed by atoms with Gasteiger partial charge in [-0.05, 0) is 109 Å². The van der Waals surface area contributed by atoms with Gasteiger partial charge in [0.25, 0.3) is 0 Å². The number of esters is 1. The van der Waals surface area contributed by atoms with E-state index >= 15 is 0 Å². The summed E-state index contributed by atoms with van der Waals surface area (Å²) in [6.07, 6.45) is 6.37. The zero-order valence-electron chi connectivity index (χ0n) is 36.7. The van der Waals surface area contributed by atoms with E-state index in [4.69, 9.17) is 28.4 Å². The minimum atomic E-state index is -1.25. The summed E-state index contributed by atoms with van der Waals surface area (Å²) in [6.45, 7) is 23.9. The highest BCUT2D eigenvalue weighted by Crippen LogP contribution is 2.56. The van der Waals surface area contributed by atoms with Crippen molar-refractivity contribution < 1.29 is 53.0 Å². The van der Waals surface area contributed by atoms with Gasteiger partial charge in [-0.3, -0.25) is 14.4 Å². The third-order valence-corrected chi connectivity index (χ3v) is 15.4. The van der Waals surface area contributed by atoms with Crippen molar-refractivity contribution in [2.24, 2.45) is 41.4 Å². The van der Waals surface area contributed by atoms with Crippen LogP contribution < -0.4 is 0 Å². The Morgan fingerprint density at radius 2 is 1.52 bits per heavy atom. The van der Waals surface area contributed by atoms with Crippen molar-refractivity contribution in [3.8, 4) is 0 Å². The normalized spacial score (nSPS) is 45.2. The first kappa shape index (κ1) is 45.5. The van der Waals surface area contributed by atoms with E-state index in [0.717, 1.165) is 12.8 Å². The molecule has 56 heavy (non-hydrogen) atoms. The largest absolute Gasteiger partial charge is 0.481 e. The first-order valence-electron chi connectivity index (χ1n) is 22.2. The Hall–Kier alpha value is -1.63. The Kier molecular flexibility index (Phi) is 13.9. The van der Waals surface area contributed by atoms with E-state index in [9.17, 15) is 24.6 Å². The minimum absolute atomic E-state index is 0.00748. The van der Waals surface area contributed by atoms with Crippen LogP contribution >= 0.6 is 0 Å². The highest BCUT2D eigenvalue weighted by atomic mass is 16.8. The zero-order chi connectivity index (χ0) is 41.6. The van der Waals surface area contributed by atoms with Crippen molar-refractivity contribution in [3.05, 3.63) is 0 Å². The van der Waals surface area contributed by atoms with Crippen molar-refractivity contribution in [3.63, 3.8) is 0 Å². The molecule has 11 heteroatoms. The number of ether oxygens (including phenoxy) is 6. The Balaban J connectivity index is 1.33. The van der Waals surface area contributed by atoms with Crippen LogP contribution in [0.5, 0.6) is 0 Å². The van der Waals surface area contributed by atoms with Gasteiger partial charge in [0, 0.05) is 37.5 Å². The summed E-state index contributed by atoms with van der Waals surface area (Å²) in [5, 5.41) is 21.1. The van der Waals surface area contributed by atoms with Gasteiger partial charge in [0.05, 0.1) is 47.1 Å². The number of carbonyl (C=O) groups excluding carboxylic acids is 2. The monoisotopic (exact) mass is 793 g/mol. The van der Waals surface area contributed by atoms with Crippen LogP contribution in [0, 0.1) is 41.4 Å². The number of Topliss-reactive ketones (excluding diaryl/α,β-unsaturated/α-hetero) is 1. The number of aliphatic carboxylic acids is 1. The summed E-state index contributed by atoms with van der Waals surface area (Å²) in [7, 11) is 0. The molecule has 2 N–H and O–H groups in total. The van der Waals surface area contributed by atoms with E-state index in [1.54, 1.807) is 0 Å². The summed E-state index contributed by atoms with van der Waals surface area (Å²) in [5.74, 6) is -4.08. The second kappa shape index (κ2) is 17.2. The SMILES string of the molecule is CC[C@@H](C(=O)[C@@H](C)C[C@H](C)[C@@H]1O[C@@](C)([C@@H](CC)C(=O)O)CC[C@@H]1C)[C@H]1O[C@]2(CC[C@@H](OC(C)=O)[C@]3(CC[C@@](C)([C@H]4CC[C@](O)(CC)[C@H](C)O4)O3)O2)[C@H](C)C[C@@H]1C. The lowest BCUT2D eigenvalue weighted by Gasteiger charge is -2.57. The van der Waals surface area contributed by atoms with Gasteiger partial charge in [-0.25, -0.2) is 0 Å². The molecule has 0 unspecified atom stereocenters. The second-order valence-electron chi connectivity index (χ2n) is 19.5. The van der Waals surface area contributed by atoms with Crippen LogP contribution in [-0.2, 0) is 42.8 Å². The maximum absolute atomic E-state index is 14.6. The van der Waals surface area contributed by atoms with Crippen LogP contribution in [0.1, 0.15) is 167 Å². The molecule has 0 amide bonds. The Labute approximate surface area is 337 Å². The first-order chi connectivity index (χ1) is 26.1. The fourth-order valence-electron chi connectivity index (χ4n) is 11.7. The summed E-state index contributed by atoms with van der Waals surface area (Å²) < 4.78 is 40.6. The number of rotatable bonds is 13. The molecule has 17 atom stereocenters. The molecule has 0 aliphatic carbocycles. The van der Waals surface area contributed by atoms with Crippen LogP contribution in [-0.4, -0.2) is 86.8 Å². The topological polar surface area (TPSA) is 147 Å². The maximum Gasteiger partial charge on any atom is 0.309 e. The van der Waals surface area contributed by atoms with Gasteiger partial charge in [0.1, 0.15) is 5.78 Å². The molecule has 5 aliphatic heterocycles. The van der Waals surface area contributed by atoms with Gasteiger partial charge in [0.2, 0.25) is 5.79 Å². The lowest BCUT2D eigenvalue weighted by Crippen LogP contribution is -2.65. The van der Waals surface area contributed by atoms with E-state index in [-0.39, 0.29) is 65.7 Å². The van der Waals surface area contributed by atoms with Crippen LogP contribution in [0.2, 0.25) is 0 Å². The van der Waals surface area contributed by atoms with E-state index in [1.165, 1.54) is 6.92 Å². The van der Waals surface area contributed by atoms with Gasteiger partial charge in [-0.15, -0.1) is 0 Å². The summed E-state index contributed by atoms with van der Waals surface area (Å²) in [4.78, 5) is 39.2. The van der Waals surface area contributed by atoms with Crippen molar-refractivity contribution in [1.82, 2.24) is 0 Å². The quantitative estimate of drug-likeness (QED) is 0.173. The van der Waals surface area contributed by atoms with E-state index in [2.05, 4.69) is 34.6 Å². The van der Waals surface area contributed by atoms with Crippen molar-refractivity contribution in [1.29, 1.82) is 0 Å². The molecule has 0 aromatic rings. The predicted octanol–water partition coefficient (Wildman–Crippen LogP) is 8.40. The molecule has 0 bridgehead atoms. The second-order valence-corrected chi connectivity index (χ2v) is 19.5. The molecule has 0 saturated carbocycles. The molecule has 5 heterocycles. The van der Waals surface area contributed by atoms with Gasteiger partial charge in [-0.1, -0.05) is 55.4 Å². The third kappa shape index (κ3) is 8.65. The standard InChI is InChI=1S/C45H76O11/c1-13-33(37(47)27(5)24-28(6)38-26(4)16-19-41(11,53-38)34(14-2)40(48)49)39-29(7)25-30(8)44(54-39)21-18-36(52-32(10)46)45(56-44)23-22-42(12,55-45)35-17-20-43(50,15-3)31(9)51-35/h26-31,33-36,38-39,50H,13-25H2,1-12H3,(H,48,49)/t26-,27-,28-,29-,30+,31-,33-,34-,35+,36+,38+,39-,41+,42-,43+,44-,45-/m0/s1. The third-order valence-electron chi connectivity index (χ3n) is 15.4. The molecular formula is C45H76O11. The van der Waals surface area contributed by atoms with Gasteiger partial charge < -0.3 is 38.6 Å². The lowest BCUT2D eigenvalue weighted by atomic mass is 9.72. The number of carboxylic acids is 1. The Bertz CT molecular complexity index is 1410. The van der Waals surface area contributed by atoms with Crippen LogP contribution in [0.3, 0.4) is 0 Å². The molecule has 11 nitrogen and oxygen atoms in total. The summed E-state index contributed by atoms with van der Waals surface area (Å²) >= 11 is 0. The van der Waals surface area contributed by atoms with Gasteiger partial charge >= 0.3 is 11.9 Å². The number of hydrogen-bond donors (Lipinski definition) is 2. The predicted molar refractivity (Wildman–Crippen MR) is 212 cm³/mol. The average molecular weight is 793 g/mol. The number of hydrogen-bond acceptors (Lipinski definition) is 10. The number of ketones is 1. The molecule has 0 radical (unpaired) electrons. The van der Waals surface area contributed by atoms with E-state index in [1.807, 2.05) is 41.5 Å². The highest BCUT2D eigenvalue weighted by Gasteiger charge is 2.65. The molecule has 5 fully saturated rings. The first-order valence-corrected chi connectivity index (χ1v) is 22.2. The fourth-order valence-corrected chi connectivity index (χ4v) is 11.7. The Morgan fingerprint density at radius 1 is 0.821 bits per heavy atom. The molecule has 0 aromatic carbocycles. The van der Waals surface area contributed by atoms with Crippen LogP contribution in [0.4, 0.5) is 0 Å². The smallest absolute Gasteiger partial charge is 0.309 e. The minimum Gasteiger partial charge on any atom is -0.481 e. The average Bonchev–Trinajstić information content (AvgIpc) is 3.47. The van der Waals surface area contributed by atoms with Gasteiger partial charge in [-0.2, -0.15) is 0 Å². The van der Waals surface area contributed by atoms with Crippen molar-refractivity contribution in [2.45, 2.75) is 225 Å². The molecule has 5 saturated heterocycles. The molecule has 5 rings (SSSR count). The molecule has 2 spiro atoms. The van der Waals surface area contributed by atoms with Crippen molar-refractivity contribution >= 4 is 17.7 Å². The van der Waals surface area contributed by atoms with Crippen LogP contribution in [0.25, 0.3) is 0 Å². The molecule has 5 aliphatic rings. The fraction of sp³-hybridized carbons (Fsp3) is 0.933. The van der Waals surface area contributed by atoms with E-state index in [0.29, 0.717) is 70.6 Å². The number of carbonyl (C=O) groups is 3. The lowest BCUT2D eigenvalue weighted by molar-refractivity contribution is -0.442. The van der Waals surface area contributed by atoms with Crippen molar-refractivity contribution in [2.75, 3.05) is 0 Å². The molecular weight excluding hydrogens is 716 g/mol. The highest BCUT2D eigenvalue weighted by molar-refractivity contribution is 5.83. The maximum atomic E-state index is 14.6. The summed E-state index contributed by atoms with van der Waals surface area (Å²) in [6, 6.07) is 0. The zero-order valence-corrected chi connectivity index (χ0v) is 36.7. The number of carboxylic acid groups (broad SMARTS) is 1. The van der Waals surface area contributed by atoms with Crippen LogP contribution in [0.15, 0.2) is 0 Å². The van der Waals surface area contributed by atoms with E-state index < -0.39 is 52.3 Å². The molecule has 322 valence electrons. The van der Waals surface area contributed by atoms with Gasteiger partial charge in [0.15, 0.2) is 11.9 Å². The molecule has 0 aromatic heterocycles. The Morgan fingerprint density at radius 3 is 2.11 bits per heavy atom. The summed E-state index contributed by atoms with van der Waals surface area (Å²) in [5.41, 5.74) is -2.35.